The molecule has 0 amide bonds. The first kappa shape index (κ1) is 21.3. The second-order valence-electron chi connectivity index (χ2n) is 9.22. The summed E-state index contributed by atoms with van der Waals surface area (Å²) in [5, 5.41) is 8.07. The molecule has 34 heavy (non-hydrogen) atoms. The first-order valence-electron chi connectivity index (χ1n) is 11.5. The molecule has 1 aliphatic carbocycles. The van der Waals surface area contributed by atoms with E-state index in [9.17, 15) is 13.2 Å². The van der Waals surface area contributed by atoms with Crippen molar-refractivity contribution in [2.24, 2.45) is 11.8 Å². The fourth-order valence-corrected chi connectivity index (χ4v) is 5.49. The molecule has 3 aliphatic rings. The summed E-state index contributed by atoms with van der Waals surface area (Å²) in [4.78, 5) is 15.5. The minimum absolute atomic E-state index is 0.0904. The minimum atomic E-state index is -1.52. The Kier molecular flexibility index (Phi) is 5.16. The van der Waals surface area contributed by atoms with E-state index in [0.717, 1.165) is 43.5 Å². The Morgan fingerprint density at radius 3 is 2.62 bits per heavy atom. The van der Waals surface area contributed by atoms with Gasteiger partial charge in [0.1, 0.15) is 18.2 Å². The number of aryl methyl sites for hydroxylation is 1. The van der Waals surface area contributed by atoms with E-state index in [2.05, 4.69) is 30.3 Å². The van der Waals surface area contributed by atoms with Crippen molar-refractivity contribution < 1.29 is 17.9 Å². The maximum absolute atomic E-state index is 14.5. The van der Waals surface area contributed by atoms with Gasteiger partial charge >= 0.3 is 0 Å². The van der Waals surface area contributed by atoms with Crippen LogP contribution in [-0.2, 0) is 11.3 Å². The topological polar surface area (TPSA) is 81.0 Å². The monoisotopic (exact) mass is 471 g/mol. The number of anilines is 2. The molecule has 1 saturated carbocycles. The quantitative estimate of drug-likeness (QED) is 0.585. The van der Waals surface area contributed by atoms with Gasteiger partial charge in [-0.2, -0.15) is 4.98 Å². The Bertz CT molecular complexity index is 1220. The van der Waals surface area contributed by atoms with E-state index in [4.69, 9.17) is 4.74 Å². The molecule has 4 atom stereocenters. The SMILES string of the molecule is Cc1cc(N2C[C@H]3CC[C@@H](C2)[C@@H]3Nc2nc3n(n2)CCO[C@@H]3c2ccc(F)c(F)c2F)ncn1. The first-order valence-corrected chi connectivity index (χ1v) is 11.5. The predicted molar refractivity (Wildman–Crippen MR) is 117 cm³/mol. The van der Waals surface area contributed by atoms with E-state index in [1.54, 1.807) is 11.0 Å². The van der Waals surface area contributed by atoms with E-state index in [-0.39, 0.29) is 18.2 Å². The fourth-order valence-electron chi connectivity index (χ4n) is 5.49. The van der Waals surface area contributed by atoms with Gasteiger partial charge in [-0.15, -0.1) is 5.10 Å². The van der Waals surface area contributed by atoms with Crippen molar-refractivity contribution in [2.75, 3.05) is 29.9 Å². The number of ether oxygens (including phenoxy) is 1. The molecular weight excluding hydrogens is 447 g/mol. The molecule has 178 valence electrons. The molecule has 11 heteroatoms. The lowest BCUT2D eigenvalue weighted by atomic mass is 9.92. The Labute approximate surface area is 194 Å². The molecule has 2 fully saturated rings. The number of fused-ring (bicyclic) bond motifs is 3. The van der Waals surface area contributed by atoms with Crippen molar-refractivity contribution in [3.05, 3.63) is 59.1 Å². The largest absolute Gasteiger partial charge is 0.363 e. The number of nitrogens with zero attached hydrogens (tertiary/aromatic N) is 6. The zero-order valence-corrected chi connectivity index (χ0v) is 18.6. The van der Waals surface area contributed by atoms with Crippen molar-refractivity contribution in [3.63, 3.8) is 0 Å². The average molecular weight is 471 g/mol. The molecule has 1 aromatic carbocycles. The predicted octanol–water partition coefficient (Wildman–Crippen LogP) is 3.24. The summed E-state index contributed by atoms with van der Waals surface area (Å²) >= 11 is 0. The molecule has 8 nitrogen and oxygen atoms in total. The van der Waals surface area contributed by atoms with Gasteiger partial charge in [-0.1, -0.05) is 0 Å². The first-order chi connectivity index (χ1) is 16.5. The van der Waals surface area contributed by atoms with Crippen molar-refractivity contribution >= 4 is 11.8 Å². The lowest BCUT2D eigenvalue weighted by molar-refractivity contribution is 0.0364. The third-order valence-electron chi connectivity index (χ3n) is 7.11. The third kappa shape index (κ3) is 3.58. The zero-order valence-electron chi connectivity index (χ0n) is 18.6. The van der Waals surface area contributed by atoms with Gasteiger partial charge in [0, 0.05) is 36.5 Å². The molecule has 1 saturated heterocycles. The van der Waals surface area contributed by atoms with Gasteiger partial charge in [-0.05, 0) is 43.7 Å². The van der Waals surface area contributed by atoms with Gasteiger partial charge in [-0.25, -0.2) is 27.8 Å². The molecule has 2 aliphatic heterocycles. The van der Waals surface area contributed by atoms with E-state index in [1.165, 1.54) is 6.07 Å². The summed E-state index contributed by atoms with van der Waals surface area (Å²) in [6.45, 7) is 4.43. The van der Waals surface area contributed by atoms with Crippen molar-refractivity contribution in [1.29, 1.82) is 0 Å². The highest BCUT2D eigenvalue weighted by Gasteiger charge is 2.43. The zero-order chi connectivity index (χ0) is 23.4. The van der Waals surface area contributed by atoms with Crippen LogP contribution in [-0.4, -0.2) is 50.5 Å². The van der Waals surface area contributed by atoms with Crippen LogP contribution in [0.25, 0.3) is 0 Å². The molecule has 0 unspecified atom stereocenters. The van der Waals surface area contributed by atoms with Gasteiger partial charge < -0.3 is 15.0 Å². The second kappa shape index (κ2) is 8.23. The van der Waals surface area contributed by atoms with Gasteiger partial charge in [0.05, 0.1) is 13.2 Å². The molecule has 2 bridgehead atoms. The highest BCUT2D eigenvalue weighted by Crippen LogP contribution is 2.40. The fraction of sp³-hybridized carbons (Fsp3) is 0.478. The summed E-state index contributed by atoms with van der Waals surface area (Å²) in [5.74, 6) is -1.43. The Balaban J connectivity index is 1.22. The van der Waals surface area contributed by atoms with E-state index < -0.39 is 23.6 Å². The van der Waals surface area contributed by atoms with Crippen LogP contribution in [0.2, 0.25) is 0 Å². The minimum Gasteiger partial charge on any atom is -0.363 e. The third-order valence-corrected chi connectivity index (χ3v) is 7.11. The van der Waals surface area contributed by atoms with Crippen LogP contribution in [0.5, 0.6) is 0 Å². The molecule has 0 spiro atoms. The Morgan fingerprint density at radius 2 is 1.85 bits per heavy atom. The number of hydrogen-bond donors (Lipinski definition) is 1. The van der Waals surface area contributed by atoms with Gasteiger partial charge in [0.25, 0.3) is 0 Å². The highest BCUT2D eigenvalue weighted by molar-refractivity contribution is 5.42. The number of rotatable bonds is 4. The van der Waals surface area contributed by atoms with Gasteiger partial charge in [0.15, 0.2) is 23.3 Å². The molecule has 0 radical (unpaired) electrons. The van der Waals surface area contributed by atoms with Crippen molar-refractivity contribution in [1.82, 2.24) is 24.7 Å². The van der Waals surface area contributed by atoms with Crippen LogP contribution in [0, 0.1) is 36.2 Å². The highest BCUT2D eigenvalue weighted by atomic mass is 19.2. The number of hydrogen-bond acceptors (Lipinski definition) is 7. The molecule has 6 rings (SSSR count). The van der Waals surface area contributed by atoms with Crippen molar-refractivity contribution in [3.8, 4) is 0 Å². The van der Waals surface area contributed by atoms with Crippen LogP contribution in [0.15, 0.2) is 24.5 Å². The van der Waals surface area contributed by atoms with E-state index >= 15 is 0 Å². The number of benzene rings is 1. The number of nitrogens with one attached hydrogen (secondary N) is 1. The van der Waals surface area contributed by atoms with Crippen molar-refractivity contribution in [2.45, 2.75) is 38.5 Å². The Hall–Kier alpha value is -3.21. The summed E-state index contributed by atoms with van der Waals surface area (Å²) in [6.07, 6.45) is 2.85. The summed E-state index contributed by atoms with van der Waals surface area (Å²) in [6, 6.07) is 4.31. The maximum Gasteiger partial charge on any atom is 0.242 e. The van der Waals surface area contributed by atoms with E-state index in [0.29, 0.717) is 30.2 Å². The van der Waals surface area contributed by atoms with Crippen LogP contribution in [0.4, 0.5) is 24.9 Å². The number of aromatic nitrogens is 5. The molecule has 4 heterocycles. The maximum atomic E-state index is 14.5. The van der Waals surface area contributed by atoms with E-state index in [1.807, 2.05) is 13.0 Å². The van der Waals surface area contributed by atoms with Gasteiger partial charge in [0.2, 0.25) is 5.95 Å². The molecule has 3 aromatic rings. The summed E-state index contributed by atoms with van der Waals surface area (Å²) in [5.41, 5.74) is 0.854. The van der Waals surface area contributed by atoms with Crippen LogP contribution >= 0.6 is 0 Å². The van der Waals surface area contributed by atoms with Crippen LogP contribution in [0.3, 0.4) is 0 Å². The second-order valence-corrected chi connectivity index (χ2v) is 9.22. The number of piperidine rings is 1. The number of halogens is 3. The molecular formula is C23H24F3N7O. The summed E-state index contributed by atoms with van der Waals surface area (Å²) < 4.78 is 49.0. The lowest BCUT2D eigenvalue weighted by Crippen LogP contribution is -2.48. The molecule has 2 aromatic heterocycles. The van der Waals surface area contributed by atoms with Gasteiger partial charge in [-0.3, -0.25) is 0 Å². The van der Waals surface area contributed by atoms with Crippen LogP contribution < -0.4 is 10.2 Å². The van der Waals surface area contributed by atoms with Crippen LogP contribution in [0.1, 0.15) is 36.0 Å². The lowest BCUT2D eigenvalue weighted by Gasteiger charge is -2.38. The molecule has 1 N–H and O–H groups in total. The summed E-state index contributed by atoms with van der Waals surface area (Å²) in [7, 11) is 0. The average Bonchev–Trinajstić information content (AvgIpc) is 3.33. The Morgan fingerprint density at radius 1 is 1.06 bits per heavy atom. The standard InChI is InChI=1S/C23H24F3N7O/c1-12-8-17(28-11-27-12)32-9-13-2-3-14(10-32)20(13)29-23-30-22-21(34-7-6-33(22)31-23)15-4-5-16(24)19(26)18(15)25/h4-5,8,11,13-14,20-21H,2-3,6-7,9-10H2,1H3,(H,29,31)/t13-,14+,20-,21-/m1/s1. The normalized spacial score (nSPS) is 25.9. The smallest absolute Gasteiger partial charge is 0.242 e.